The first-order valence-electron chi connectivity index (χ1n) is 5.90. The van der Waals surface area contributed by atoms with Crippen molar-refractivity contribution in [3.05, 3.63) is 16.5 Å². The second-order valence-corrected chi connectivity index (χ2v) is 7.86. The fourth-order valence-corrected chi connectivity index (χ4v) is 4.46. The highest BCUT2D eigenvalue weighted by Crippen LogP contribution is 2.26. The van der Waals surface area contributed by atoms with Crippen molar-refractivity contribution in [2.24, 2.45) is 0 Å². The summed E-state index contributed by atoms with van der Waals surface area (Å²) in [6.07, 6.45) is 0.693. The number of halogens is 1. The number of hydrogen-bond donors (Lipinski definition) is 2. The van der Waals surface area contributed by atoms with E-state index < -0.39 is 21.8 Å². The Labute approximate surface area is 130 Å². The summed E-state index contributed by atoms with van der Waals surface area (Å²) >= 11 is 4.65. The Morgan fingerprint density at radius 3 is 2.75 bits per heavy atom. The largest absolute Gasteiger partial charge is 0.475 e. The van der Waals surface area contributed by atoms with E-state index in [1.54, 1.807) is 18.7 Å². The molecule has 1 atom stereocenters. The van der Waals surface area contributed by atoms with E-state index in [1.165, 1.54) is 0 Å². The van der Waals surface area contributed by atoms with E-state index in [1.807, 2.05) is 6.92 Å². The molecular formula is C11H16BrNO5S2. The Kier molecular flexibility index (Phi) is 6.56. The van der Waals surface area contributed by atoms with Crippen molar-refractivity contribution < 1.29 is 22.7 Å². The minimum Gasteiger partial charge on any atom is -0.475 e. The summed E-state index contributed by atoms with van der Waals surface area (Å²) in [6.45, 7) is 3.80. The van der Waals surface area contributed by atoms with Gasteiger partial charge in [-0.3, -0.25) is 0 Å². The van der Waals surface area contributed by atoms with Crippen LogP contribution in [0.3, 0.4) is 0 Å². The van der Waals surface area contributed by atoms with Crippen LogP contribution in [0.15, 0.2) is 20.0 Å². The van der Waals surface area contributed by atoms with Crippen LogP contribution in [0.1, 0.15) is 30.8 Å². The third-order valence-electron chi connectivity index (χ3n) is 2.41. The Morgan fingerprint density at radius 1 is 1.60 bits per heavy atom. The highest BCUT2D eigenvalue weighted by atomic mass is 79.9. The fraction of sp³-hybridized carbons (Fsp3) is 0.545. The van der Waals surface area contributed by atoms with E-state index in [2.05, 4.69) is 20.7 Å². The molecule has 9 heteroatoms. The van der Waals surface area contributed by atoms with Crippen LogP contribution in [0.5, 0.6) is 0 Å². The second kappa shape index (κ2) is 7.48. The van der Waals surface area contributed by atoms with Gasteiger partial charge in [-0.05, 0) is 40.8 Å². The first-order valence-corrected chi connectivity index (χ1v) is 9.33. The van der Waals surface area contributed by atoms with Crippen LogP contribution in [0.2, 0.25) is 0 Å². The normalized spacial score (nSPS) is 13.3. The lowest BCUT2D eigenvalue weighted by atomic mass is 10.3. The van der Waals surface area contributed by atoms with Crippen LogP contribution in [0.25, 0.3) is 0 Å². The Balaban J connectivity index is 2.81. The van der Waals surface area contributed by atoms with E-state index in [0.717, 1.165) is 17.6 Å². The molecule has 0 fully saturated rings. The number of carboxylic acid groups (broad SMARTS) is 1. The summed E-state index contributed by atoms with van der Waals surface area (Å²) in [6, 6.07) is 0.747. The summed E-state index contributed by atoms with van der Waals surface area (Å²) in [5, 5.41) is 8.78. The molecule has 2 N–H and O–H groups in total. The molecule has 0 saturated heterocycles. The Hall–Kier alpha value is -0.510. The van der Waals surface area contributed by atoms with Crippen LogP contribution in [-0.2, 0) is 10.0 Å². The quantitative estimate of drug-likeness (QED) is 0.667. The smallest absolute Gasteiger partial charge is 0.371 e. The Morgan fingerprint density at radius 2 is 2.25 bits per heavy atom. The predicted octanol–water partition coefficient (Wildman–Crippen LogP) is 2.55. The molecule has 1 heterocycles. The summed E-state index contributed by atoms with van der Waals surface area (Å²) in [4.78, 5) is 10.6. The van der Waals surface area contributed by atoms with Crippen molar-refractivity contribution in [2.75, 3.05) is 11.5 Å². The highest BCUT2D eigenvalue weighted by Gasteiger charge is 2.26. The average molecular weight is 386 g/mol. The van der Waals surface area contributed by atoms with Crippen LogP contribution in [0.4, 0.5) is 0 Å². The molecule has 114 valence electrons. The maximum atomic E-state index is 12.1. The van der Waals surface area contributed by atoms with Crippen LogP contribution >= 0.6 is 27.7 Å². The van der Waals surface area contributed by atoms with Crippen molar-refractivity contribution in [1.29, 1.82) is 0 Å². The zero-order valence-electron chi connectivity index (χ0n) is 11.1. The number of hydrogen-bond acceptors (Lipinski definition) is 5. The molecular weight excluding hydrogens is 370 g/mol. The van der Waals surface area contributed by atoms with Gasteiger partial charge in [0.05, 0.1) is 0 Å². The molecule has 0 amide bonds. The second-order valence-electron chi connectivity index (χ2n) is 4.06. The van der Waals surface area contributed by atoms with Gasteiger partial charge < -0.3 is 9.52 Å². The first-order chi connectivity index (χ1) is 9.27. The lowest BCUT2D eigenvalue weighted by Gasteiger charge is -2.12. The van der Waals surface area contributed by atoms with Crippen LogP contribution in [-0.4, -0.2) is 37.0 Å². The molecule has 1 rings (SSSR count). The molecule has 0 aliphatic rings. The zero-order valence-corrected chi connectivity index (χ0v) is 14.3. The van der Waals surface area contributed by atoms with Gasteiger partial charge in [-0.15, -0.1) is 0 Å². The third kappa shape index (κ3) is 4.80. The molecule has 1 unspecified atom stereocenters. The van der Waals surface area contributed by atoms with E-state index in [0.29, 0.717) is 6.42 Å². The summed E-state index contributed by atoms with van der Waals surface area (Å²) < 4.78 is 31.5. The molecule has 0 radical (unpaired) electrons. The van der Waals surface area contributed by atoms with Gasteiger partial charge in [0.25, 0.3) is 0 Å². The number of aromatic carboxylic acids is 1. The monoisotopic (exact) mass is 385 g/mol. The topological polar surface area (TPSA) is 96.6 Å². The zero-order chi connectivity index (χ0) is 15.3. The molecule has 0 aromatic carbocycles. The van der Waals surface area contributed by atoms with Gasteiger partial charge in [0.1, 0.15) is 4.90 Å². The van der Waals surface area contributed by atoms with E-state index in [-0.39, 0.29) is 15.6 Å². The van der Waals surface area contributed by atoms with Gasteiger partial charge in [-0.25, -0.2) is 17.9 Å². The molecule has 1 aromatic rings. The fourth-order valence-electron chi connectivity index (χ4n) is 1.43. The standard InChI is InChI=1S/C11H16BrNO5S2/c1-3-19-5-4-7(2)13-20(16,17)9-6-8(11(14)15)18-10(9)12/h6-7,13H,3-5H2,1-2H3,(H,14,15). The molecule has 6 nitrogen and oxygen atoms in total. The summed E-state index contributed by atoms with van der Waals surface area (Å²) in [5.41, 5.74) is 0. The van der Waals surface area contributed by atoms with Crippen molar-refractivity contribution in [1.82, 2.24) is 4.72 Å². The Bertz CT molecular complexity index is 569. The number of carbonyl (C=O) groups is 1. The van der Waals surface area contributed by atoms with Gasteiger partial charge in [0.2, 0.25) is 15.8 Å². The van der Waals surface area contributed by atoms with Crippen LogP contribution in [0, 0.1) is 0 Å². The number of rotatable bonds is 8. The maximum Gasteiger partial charge on any atom is 0.371 e. The van der Waals surface area contributed by atoms with Crippen molar-refractivity contribution in [3.63, 3.8) is 0 Å². The van der Waals surface area contributed by atoms with Crippen molar-refractivity contribution in [2.45, 2.75) is 31.2 Å². The highest BCUT2D eigenvalue weighted by molar-refractivity contribution is 9.10. The lowest BCUT2D eigenvalue weighted by molar-refractivity contribution is 0.0661. The van der Waals surface area contributed by atoms with Crippen LogP contribution < -0.4 is 4.72 Å². The summed E-state index contributed by atoms with van der Waals surface area (Å²) in [5.74, 6) is 0.0907. The molecule has 0 bridgehead atoms. The third-order valence-corrected chi connectivity index (χ3v) is 5.79. The number of nitrogens with one attached hydrogen (secondary N) is 1. The molecule has 0 saturated carbocycles. The number of furan rings is 1. The van der Waals surface area contributed by atoms with Gasteiger partial charge in [-0.1, -0.05) is 6.92 Å². The molecule has 1 aromatic heterocycles. The SMILES string of the molecule is CCSCCC(C)NS(=O)(=O)c1cc(C(=O)O)oc1Br. The van der Waals surface area contributed by atoms with Crippen molar-refractivity contribution >= 4 is 43.7 Å². The molecule has 0 aliphatic heterocycles. The summed E-state index contributed by atoms with van der Waals surface area (Å²) in [7, 11) is -3.80. The minimum absolute atomic E-state index is 0.113. The number of carboxylic acids is 1. The van der Waals surface area contributed by atoms with E-state index in [9.17, 15) is 13.2 Å². The lowest BCUT2D eigenvalue weighted by Crippen LogP contribution is -2.33. The molecule has 0 spiro atoms. The van der Waals surface area contributed by atoms with Gasteiger partial charge >= 0.3 is 5.97 Å². The molecule has 0 aliphatic carbocycles. The molecule has 20 heavy (non-hydrogen) atoms. The van der Waals surface area contributed by atoms with Gasteiger partial charge in [0, 0.05) is 12.1 Å². The van der Waals surface area contributed by atoms with Crippen molar-refractivity contribution in [3.8, 4) is 0 Å². The van der Waals surface area contributed by atoms with Gasteiger partial charge in [0.15, 0.2) is 4.67 Å². The van der Waals surface area contributed by atoms with Gasteiger partial charge in [-0.2, -0.15) is 11.8 Å². The maximum absolute atomic E-state index is 12.1. The minimum atomic E-state index is -3.80. The van der Waals surface area contributed by atoms with E-state index >= 15 is 0 Å². The number of sulfonamides is 1. The first kappa shape index (κ1) is 17.5. The predicted molar refractivity (Wildman–Crippen MR) is 80.8 cm³/mol. The average Bonchev–Trinajstić information content (AvgIpc) is 2.72. The number of thioether (sulfide) groups is 1. The van der Waals surface area contributed by atoms with E-state index in [4.69, 9.17) is 9.52 Å².